The molecule has 1 amide bonds. The maximum atomic E-state index is 12.0. The van der Waals surface area contributed by atoms with Crippen LogP contribution in [0.1, 0.15) is 25.0 Å². The highest BCUT2D eigenvalue weighted by atomic mass is 16.5. The number of aromatic nitrogens is 1. The Morgan fingerprint density at radius 3 is 2.69 bits per heavy atom. The van der Waals surface area contributed by atoms with E-state index in [9.17, 15) is 4.79 Å². The third-order valence-corrected chi connectivity index (χ3v) is 4.68. The molecule has 0 spiro atoms. The van der Waals surface area contributed by atoms with Crippen molar-refractivity contribution < 1.29 is 19.0 Å². The number of carbonyl (C=O) groups is 1. The van der Waals surface area contributed by atoms with Gasteiger partial charge in [0.25, 0.3) is 0 Å². The highest BCUT2D eigenvalue weighted by molar-refractivity contribution is 5.77. The smallest absolute Gasteiger partial charge is 0.246 e. The first-order valence-corrected chi connectivity index (χ1v) is 9.86. The summed E-state index contributed by atoms with van der Waals surface area (Å²) in [6.45, 7) is 6.59. The van der Waals surface area contributed by atoms with Crippen LogP contribution in [0.2, 0.25) is 0 Å². The number of hydrogen-bond donors (Lipinski definition) is 1. The average Bonchev–Trinajstić information content (AvgIpc) is 2.72. The minimum atomic E-state index is -0.159. The lowest BCUT2D eigenvalue weighted by atomic mass is 10.2. The van der Waals surface area contributed by atoms with Crippen LogP contribution in [0.4, 0.5) is 5.82 Å². The number of anilines is 1. The van der Waals surface area contributed by atoms with E-state index in [2.05, 4.69) is 29.0 Å². The standard InChI is InChI=1S/C22H29N3O4/c1-16-12-25(13-17(2)29-16)21-8-7-19(10-23-21)11-24-22(26)15-28-14-18-5-4-6-20(9-18)27-3/h4-10,16-17H,11-15H2,1-3H3,(H,24,26). The average molecular weight is 399 g/mol. The first-order chi connectivity index (χ1) is 14.0. The summed E-state index contributed by atoms with van der Waals surface area (Å²) < 4.78 is 16.4. The van der Waals surface area contributed by atoms with Crippen molar-refractivity contribution in [3.63, 3.8) is 0 Å². The third kappa shape index (κ3) is 6.44. The molecule has 2 unspecified atom stereocenters. The summed E-state index contributed by atoms with van der Waals surface area (Å²) in [7, 11) is 1.62. The van der Waals surface area contributed by atoms with E-state index in [0.29, 0.717) is 13.2 Å². The molecule has 1 saturated heterocycles. The summed E-state index contributed by atoms with van der Waals surface area (Å²) in [5.41, 5.74) is 1.91. The van der Waals surface area contributed by atoms with Crippen LogP contribution in [-0.2, 0) is 27.4 Å². The Labute approximate surface area is 172 Å². The Morgan fingerprint density at radius 1 is 1.21 bits per heavy atom. The van der Waals surface area contributed by atoms with Crippen molar-refractivity contribution in [1.82, 2.24) is 10.3 Å². The van der Waals surface area contributed by atoms with E-state index in [1.807, 2.05) is 36.4 Å². The summed E-state index contributed by atoms with van der Waals surface area (Å²) in [6.07, 6.45) is 2.19. The van der Waals surface area contributed by atoms with Crippen LogP contribution < -0.4 is 15.0 Å². The van der Waals surface area contributed by atoms with Crippen LogP contribution in [0, 0.1) is 0 Å². The van der Waals surface area contributed by atoms with E-state index < -0.39 is 0 Å². The number of amides is 1. The minimum Gasteiger partial charge on any atom is -0.497 e. The van der Waals surface area contributed by atoms with Crippen LogP contribution in [0.25, 0.3) is 0 Å². The minimum absolute atomic E-state index is 0.00623. The molecule has 1 aliphatic heterocycles. The monoisotopic (exact) mass is 399 g/mol. The van der Waals surface area contributed by atoms with Crippen molar-refractivity contribution in [3.8, 4) is 5.75 Å². The molecule has 1 N–H and O–H groups in total. The maximum Gasteiger partial charge on any atom is 0.246 e. The second-order valence-corrected chi connectivity index (χ2v) is 7.31. The molecule has 7 heteroatoms. The zero-order valence-electron chi connectivity index (χ0n) is 17.3. The normalized spacial score (nSPS) is 19.1. The molecule has 1 aromatic carbocycles. The maximum absolute atomic E-state index is 12.0. The zero-order chi connectivity index (χ0) is 20.6. The molecule has 0 aliphatic carbocycles. The van der Waals surface area contributed by atoms with Gasteiger partial charge in [-0.15, -0.1) is 0 Å². The molecule has 7 nitrogen and oxygen atoms in total. The van der Waals surface area contributed by atoms with Gasteiger partial charge in [0.2, 0.25) is 5.91 Å². The third-order valence-electron chi connectivity index (χ3n) is 4.68. The summed E-state index contributed by atoms with van der Waals surface area (Å²) in [4.78, 5) is 18.8. The van der Waals surface area contributed by atoms with E-state index in [1.165, 1.54) is 0 Å². The van der Waals surface area contributed by atoms with Gasteiger partial charge in [0.1, 0.15) is 18.2 Å². The second-order valence-electron chi connectivity index (χ2n) is 7.31. The molecule has 0 bridgehead atoms. The molecule has 2 aromatic rings. The molecule has 29 heavy (non-hydrogen) atoms. The van der Waals surface area contributed by atoms with Gasteiger partial charge < -0.3 is 24.4 Å². The largest absolute Gasteiger partial charge is 0.497 e. The van der Waals surface area contributed by atoms with Crippen molar-refractivity contribution in [2.45, 2.75) is 39.2 Å². The Balaban J connectivity index is 1.40. The molecule has 0 saturated carbocycles. The van der Waals surface area contributed by atoms with E-state index in [4.69, 9.17) is 14.2 Å². The molecule has 1 fully saturated rings. The summed E-state index contributed by atoms with van der Waals surface area (Å²) >= 11 is 0. The van der Waals surface area contributed by atoms with Crippen molar-refractivity contribution >= 4 is 11.7 Å². The summed E-state index contributed by atoms with van der Waals surface area (Å²) in [5, 5.41) is 2.86. The Kier molecular flexibility index (Phi) is 7.43. The first-order valence-electron chi connectivity index (χ1n) is 9.86. The van der Waals surface area contributed by atoms with Crippen molar-refractivity contribution in [3.05, 3.63) is 53.7 Å². The first kappa shape index (κ1) is 21.1. The van der Waals surface area contributed by atoms with Gasteiger partial charge in [0.05, 0.1) is 25.9 Å². The van der Waals surface area contributed by atoms with E-state index in [0.717, 1.165) is 35.8 Å². The molecule has 1 aliphatic rings. The number of hydrogen-bond acceptors (Lipinski definition) is 6. The highest BCUT2D eigenvalue weighted by Crippen LogP contribution is 2.18. The van der Waals surface area contributed by atoms with Gasteiger partial charge in [-0.25, -0.2) is 4.98 Å². The number of benzene rings is 1. The molecule has 0 radical (unpaired) electrons. The van der Waals surface area contributed by atoms with Crippen LogP contribution in [0.5, 0.6) is 5.75 Å². The number of methoxy groups -OCH3 is 1. The molecule has 2 atom stereocenters. The Morgan fingerprint density at radius 2 is 2.00 bits per heavy atom. The van der Waals surface area contributed by atoms with Crippen LogP contribution in [-0.4, -0.2) is 49.9 Å². The number of morpholine rings is 1. The fourth-order valence-corrected chi connectivity index (χ4v) is 3.35. The lowest BCUT2D eigenvalue weighted by Crippen LogP contribution is -2.45. The highest BCUT2D eigenvalue weighted by Gasteiger charge is 2.22. The quantitative estimate of drug-likeness (QED) is 0.735. The number of nitrogens with one attached hydrogen (secondary N) is 1. The Bertz CT molecular complexity index is 787. The van der Waals surface area contributed by atoms with Crippen molar-refractivity contribution in [2.75, 3.05) is 31.7 Å². The van der Waals surface area contributed by atoms with E-state index in [-0.39, 0.29) is 24.7 Å². The molecule has 156 valence electrons. The number of ether oxygens (including phenoxy) is 3. The SMILES string of the molecule is COc1cccc(COCC(=O)NCc2ccc(N3CC(C)OC(C)C3)nc2)c1. The molecule has 3 rings (SSSR count). The van der Waals surface area contributed by atoms with E-state index in [1.54, 1.807) is 13.3 Å². The van der Waals surface area contributed by atoms with Gasteiger partial charge in [-0.3, -0.25) is 4.79 Å². The number of carbonyl (C=O) groups excluding carboxylic acids is 1. The van der Waals surface area contributed by atoms with Gasteiger partial charge in [0.15, 0.2) is 0 Å². The molecular weight excluding hydrogens is 370 g/mol. The van der Waals surface area contributed by atoms with Gasteiger partial charge in [-0.05, 0) is 43.2 Å². The fourth-order valence-electron chi connectivity index (χ4n) is 3.35. The number of rotatable bonds is 8. The van der Waals surface area contributed by atoms with Gasteiger partial charge >= 0.3 is 0 Å². The molecular formula is C22H29N3O4. The number of nitrogens with zero attached hydrogens (tertiary/aromatic N) is 2. The summed E-state index contributed by atoms with van der Waals surface area (Å²) in [5.74, 6) is 1.55. The van der Waals surface area contributed by atoms with Crippen LogP contribution >= 0.6 is 0 Å². The van der Waals surface area contributed by atoms with Crippen LogP contribution in [0.15, 0.2) is 42.6 Å². The molecule has 1 aromatic heterocycles. The summed E-state index contributed by atoms with van der Waals surface area (Å²) in [6, 6.07) is 11.6. The van der Waals surface area contributed by atoms with Gasteiger partial charge in [0, 0.05) is 25.8 Å². The second kappa shape index (κ2) is 10.2. The lowest BCUT2D eigenvalue weighted by molar-refractivity contribution is -0.126. The predicted octanol–water partition coefficient (Wildman–Crippen LogP) is 2.54. The van der Waals surface area contributed by atoms with Gasteiger partial charge in [-0.2, -0.15) is 0 Å². The lowest BCUT2D eigenvalue weighted by Gasteiger charge is -2.36. The molecule has 2 heterocycles. The Hall–Kier alpha value is -2.64. The van der Waals surface area contributed by atoms with Gasteiger partial charge in [-0.1, -0.05) is 18.2 Å². The fraction of sp³-hybridized carbons (Fsp3) is 0.455. The predicted molar refractivity (Wildman–Crippen MR) is 111 cm³/mol. The zero-order valence-corrected chi connectivity index (χ0v) is 17.3. The van der Waals surface area contributed by atoms with E-state index >= 15 is 0 Å². The number of pyridine rings is 1. The van der Waals surface area contributed by atoms with Crippen molar-refractivity contribution in [2.24, 2.45) is 0 Å². The van der Waals surface area contributed by atoms with Crippen LogP contribution in [0.3, 0.4) is 0 Å². The topological polar surface area (TPSA) is 72.9 Å². The van der Waals surface area contributed by atoms with Crippen molar-refractivity contribution in [1.29, 1.82) is 0 Å².